The van der Waals surface area contributed by atoms with Crippen LogP contribution < -0.4 is 5.32 Å². The molecule has 0 aliphatic carbocycles. The zero-order chi connectivity index (χ0) is 14.6. The Kier molecular flexibility index (Phi) is 5.23. The molecule has 1 heterocycles. The summed E-state index contributed by atoms with van der Waals surface area (Å²) in [7, 11) is 0. The molecular formula is C12H16ClN3O3. The number of amides is 1. The van der Waals surface area contributed by atoms with Gasteiger partial charge in [0.1, 0.15) is 11.5 Å². The first kappa shape index (κ1) is 15.4. The van der Waals surface area contributed by atoms with Gasteiger partial charge in [-0.2, -0.15) is 0 Å². The lowest BCUT2D eigenvalue weighted by atomic mass is 10.2. The summed E-state index contributed by atoms with van der Waals surface area (Å²) in [6.07, 6.45) is 1.37. The van der Waals surface area contributed by atoms with Crippen molar-refractivity contribution in [2.45, 2.75) is 26.7 Å². The largest absolute Gasteiger partial charge is 0.481 e. The summed E-state index contributed by atoms with van der Waals surface area (Å²) in [6, 6.07) is 0. The topological polar surface area (TPSA) is 92.2 Å². The molecule has 1 unspecified atom stereocenters. The average molecular weight is 286 g/mol. The third-order valence-electron chi connectivity index (χ3n) is 2.48. The van der Waals surface area contributed by atoms with Gasteiger partial charge in [0.25, 0.3) is 5.91 Å². The highest BCUT2D eigenvalue weighted by atomic mass is 35.5. The number of rotatable bonds is 5. The molecule has 0 aliphatic heterocycles. The zero-order valence-electron chi connectivity index (χ0n) is 11.0. The smallest absolute Gasteiger partial charge is 0.308 e. The second kappa shape index (κ2) is 6.47. The van der Waals surface area contributed by atoms with Crippen molar-refractivity contribution in [3.8, 4) is 0 Å². The Morgan fingerprint density at radius 2 is 2.05 bits per heavy atom. The second-order valence-corrected chi connectivity index (χ2v) is 4.94. The first-order chi connectivity index (χ1) is 8.82. The lowest BCUT2D eigenvalue weighted by molar-refractivity contribution is -0.140. The first-order valence-electron chi connectivity index (χ1n) is 5.86. The summed E-state index contributed by atoms with van der Waals surface area (Å²) < 4.78 is 0. The van der Waals surface area contributed by atoms with Gasteiger partial charge in [0.15, 0.2) is 0 Å². The minimum Gasteiger partial charge on any atom is -0.481 e. The number of aromatic nitrogens is 2. The van der Waals surface area contributed by atoms with Gasteiger partial charge in [0.2, 0.25) is 0 Å². The van der Waals surface area contributed by atoms with Gasteiger partial charge >= 0.3 is 5.97 Å². The summed E-state index contributed by atoms with van der Waals surface area (Å²) in [5, 5.41) is 11.4. The van der Waals surface area contributed by atoms with Gasteiger partial charge in [-0.3, -0.25) is 9.59 Å². The van der Waals surface area contributed by atoms with E-state index in [1.165, 1.54) is 13.1 Å². The molecule has 0 spiro atoms. The highest BCUT2D eigenvalue weighted by Gasteiger charge is 2.17. The van der Waals surface area contributed by atoms with Crippen LogP contribution in [0.15, 0.2) is 6.20 Å². The molecule has 0 saturated carbocycles. The predicted molar refractivity (Wildman–Crippen MR) is 70.3 cm³/mol. The Morgan fingerprint density at radius 1 is 1.42 bits per heavy atom. The van der Waals surface area contributed by atoms with E-state index in [1.807, 2.05) is 13.8 Å². The van der Waals surface area contributed by atoms with E-state index in [0.29, 0.717) is 5.82 Å². The lowest BCUT2D eigenvalue weighted by Crippen LogP contribution is -2.32. The zero-order valence-corrected chi connectivity index (χ0v) is 11.7. The molecular weight excluding hydrogens is 270 g/mol. The molecule has 0 aromatic carbocycles. The number of nitrogens with zero attached hydrogens (tertiary/aromatic N) is 2. The van der Waals surface area contributed by atoms with E-state index in [2.05, 4.69) is 15.3 Å². The Hall–Kier alpha value is -1.69. The maximum Gasteiger partial charge on any atom is 0.308 e. The monoisotopic (exact) mass is 285 g/mol. The minimum atomic E-state index is -0.975. The molecule has 7 heteroatoms. The Bertz CT molecular complexity index is 491. The number of carbonyl (C=O) groups is 2. The van der Waals surface area contributed by atoms with Gasteiger partial charge in [-0.25, -0.2) is 9.97 Å². The van der Waals surface area contributed by atoms with Crippen LogP contribution in [-0.2, 0) is 4.79 Å². The van der Waals surface area contributed by atoms with Gasteiger partial charge in [-0.05, 0) is 0 Å². The summed E-state index contributed by atoms with van der Waals surface area (Å²) in [6.45, 7) is 5.32. The molecule has 0 saturated heterocycles. The second-order valence-electron chi connectivity index (χ2n) is 4.53. The van der Waals surface area contributed by atoms with E-state index in [9.17, 15) is 9.59 Å². The Labute approximate surface area is 116 Å². The molecule has 2 N–H and O–H groups in total. The van der Waals surface area contributed by atoms with Crippen LogP contribution in [0, 0.1) is 5.92 Å². The molecule has 0 radical (unpaired) electrons. The van der Waals surface area contributed by atoms with Crippen LogP contribution in [0.5, 0.6) is 0 Å². The number of hydrogen-bond acceptors (Lipinski definition) is 4. The number of carboxylic acid groups (broad SMARTS) is 1. The van der Waals surface area contributed by atoms with Crippen molar-refractivity contribution in [2.75, 3.05) is 6.54 Å². The van der Waals surface area contributed by atoms with E-state index >= 15 is 0 Å². The normalized spacial score (nSPS) is 12.3. The molecule has 1 rings (SSSR count). The fourth-order valence-corrected chi connectivity index (χ4v) is 1.41. The van der Waals surface area contributed by atoms with E-state index in [1.54, 1.807) is 0 Å². The van der Waals surface area contributed by atoms with Crippen LogP contribution in [0.25, 0.3) is 0 Å². The van der Waals surface area contributed by atoms with Crippen molar-refractivity contribution in [1.82, 2.24) is 15.3 Å². The number of halogens is 1. The Balaban J connectivity index is 2.81. The van der Waals surface area contributed by atoms with Gasteiger partial charge in [-0.1, -0.05) is 32.4 Å². The molecule has 1 aromatic rings. The van der Waals surface area contributed by atoms with Crippen LogP contribution >= 0.6 is 11.6 Å². The first-order valence-corrected chi connectivity index (χ1v) is 6.24. The standard InChI is InChI=1S/C12H16ClN3O3/c1-6(2)10-14-5-8(13)9(16-10)11(17)15-4-7(3)12(18)19/h5-7H,4H2,1-3H3,(H,15,17)(H,18,19). The van der Waals surface area contributed by atoms with Crippen LogP contribution in [0.4, 0.5) is 0 Å². The van der Waals surface area contributed by atoms with Gasteiger partial charge < -0.3 is 10.4 Å². The van der Waals surface area contributed by atoms with Crippen LogP contribution in [-0.4, -0.2) is 33.5 Å². The van der Waals surface area contributed by atoms with Crippen molar-refractivity contribution in [1.29, 1.82) is 0 Å². The van der Waals surface area contributed by atoms with Gasteiger partial charge in [0, 0.05) is 12.5 Å². The molecule has 1 amide bonds. The quantitative estimate of drug-likeness (QED) is 0.859. The highest BCUT2D eigenvalue weighted by molar-refractivity contribution is 6.33. The molecule has 1 atom stereocenters. The van der Waals surface area contributed by atoms with E-state index in [4.69, 9.17) is 16.7 Å². The summed E-state index contributed by atoms with van der Waals surface area (Å²) in [4.78, 5) is 30.7. The molecule has 0 bridgehead atoms. The minimum absolute atomic E-state index is 0.0194. The molecule has 104 valence electrons. The number of carbonyl (C=O) groups excluding carboxylic acids is 1. The number of aliphatic carboxylic acids is 1. The van der Waals surface area contributed by atoms with Crippen LogP contribution in [0.3, 0.4) is 0 Å². The van der Waals surface area contributed by atoms with Gasteiger partial charge in [-0.15, -0.1) is 0 Å². The average Bonchev–Trinajstić information content (AvgIpc) is 2.35. The number of hydrogen-bond donors (Lipinski definition) is 2. The summed E-state index contributed by atoms with van der Waals surface area (Å²) in [5.41, 5.74) is 0.0676. The van der Waals surface area contributed by atoms with Crippen molar-refractivity contribution in [3.05, 3.63) is 22.7 Å². The van der Waals surface area contributed by atoms with Crippen LogP contribution in [0.2, 0.25) is 5.02 Å². The lowest BCUT2D eigenvalue weighted by Gasteiger charge is -2.10. The van der Waals surface area contributed by atoms with E-state index < -0.39 is 17.8 Å². The highest BCUT2D eigenvalue weighted by Crippen LogP contribution is 2.16. The molecule has 19 heavy (non-hydrogen) atoms. The molecule has 6 nitrogen and oxygen atoms in total. The summed E-state index contributed by atoms with van der Waals surface area (Å²) in [5.74, 6) is -1.56. The maximum atomic E-state index is 11.9. The third kappa shape index (κ3) is 4.17. The fraction of sp³-hybridized carbons (Fsp3) is 0.500. The van der Waals surface area contributed by atoms with Crippen molar-refractivity contribution in [2.24, 2.45) is 5.92 Å². The van der Waals surface area contributed by atoms with E-state index in [-0.39, 0.29) is 23.2 Å². The summed E-state index contributed by atoms with van der Waals surface area (Å²) >= 11 is 5.87. The predicted octanol–water partition coefficient (Wildman–Crippen LogP) is 1.70. The fourth-order valence-electron chi connectivity index (χ4n) is 1.23. The molecule has 0 aliphatic rings. The SMILES string of the molecule is CC(CNC(=O)c1nc(C(C)C)ncc1Cl)C(=O)O. The molecule has 0 fully saturated rings. The Morgan fingerprint density at radius 3 is 2.58 bits per heavy atom. The number of carboxylic acids is 1. The van der Waals surface area contributed by atoms with Crippen molar-refractivity contribution >= 4 is 23.5 Å². The van der Waals surface area contributed by atoms with Gasteiger partial charge in [0.05, 0.1) is 17.1 Å². The number of nitrogens with one attached hydrogen (secondary N) is 1. The maximum absolute atomic E-state index is 11.9. The van der Waals surface area contributed by atoms with E-state index in [0.717, 1.165) is 0 Å². The molecule has 1 aromatic heterocycles. The third-order valence-corrected chi connectivity index (χ3v) is 2.76. The van der Waals surface area contributed by atoms with Crippen molar-refractivity contribution in [3.63, 3.8) is 0 Å². The van der Waals surface area contributed by atoms with Crippen molar-refractivity contribution < 1.29 is 14.7 Å². The van der Waals surface area contributed by atoms with Crippen LogP contribution in [0.1, 0.15) is 43.0 Å².